The van der Waals surface area contributed by atoms with Crippen molar-refractivity contribution in [2.24, 2.45) is 28.2 Å². The van der Waals surface area contributed by atoms with Crippen molar-refractivity contribution >= 4 is 87.7 Å². The van der Waals surface area contributed by atoms with Gasteiger partial charge >= 0.3 is 13.2 Å². The van der Waals surface area contributed by atoms with Gasteiger partial charge in [0, 0.05) is 97.9 Å². The number of phenolic OH excluding ortho intramolecular Hbond substituents is 1. The lowest BCUT2D eigenvalue weighted by Gasteiger charge is -2.23. The Morgan fingerprint density at radius 2 is 0.723 bits per heavy atom. The quantitative estimate of drug-likeness (QED) is 0.0549. The van der Waals surface area contributed by atoms with Crippen LogP contribution in [0.2, 0.25) is 0 Å². The SMILES string of the molecule is CCCc1ccc2nn(-c3ccc4nn(C)cc4c3)c(=O)c(-c3ccc(OC(F)F)cc3)c2n1.CCc1c2cc(-n3nc4ccc(OCC(F)F)nc4c(-c4ccc(OC(F)F)cc4)c3=O)ccc2nn1C.Cn1cc2cc(-n3nc4ccc(OCC(F)F)nc4c(-c4ccc(O)cc4)c3=O)ccc2n1.Cn1cc2cc(-n3nc4ccc(OCC(F)F)nc4c(C4CCCCC4)c3=O)ccc2n1. The molecule has 0 saturated heterocycles. The van der Waals surface area contributed by atoms with E-state index in [0.717, 1.165) is 106 Å². The minimum Gasteiger partial charge on any atom is -0.508 e. The first-order valence-corrected chi connectivity index (χ1v) is 43.2. The Morgan fingerprint density at radius 3 is 1.11 bits per heavy atom. The molecular formula is C97H82F10N20O10. The minimum absolute atomic E-state index is 0.0131. The molecule has 19 aromatic rings. The Labute approximate surface area is 768 Å². The van der Waals surface area contributed by atoms with Crippen molar-refractivity contribution in [1.82, 2.24) is 98.2 Å². The number of fused-ring (bicyclic) bond motifs is 8. The summed E-state index contributed by atoms with van der Waals surface area (Å²) in [7, 11) is 7.33. The van der Waals surface area contributed by atoms with Crippen LogP contribution in [0.1, 0.15) is 75.2 Å². The van der Waals surface area contributed by atoms with E-state index in [1.807, 2.05) is 102 Å². The molecule has 0 atom stereocenters. The summed E-state index contributed by atoms with van der Waals surface area (Å²) in [4.78, 5) is 72.6. The van der Waals surface area contributed by atoms with Crippen molar-refractivity contribution in [3.8, 4) is 91.0 Å². The summed E-state index contributed by atoms with van der Waals surface area (Å²) in [6.45, 7) is -4.31. The molecule has 1 aliphatic carbocycles. The molecule has 137 heavy (non-hydrogen) atoms. The Hall–Kier alpha value is -16.3. The maximum absolute atomic E-state index is 13.8. The zero-order valence-electron chi connectivity index (χ0n) is 73.8. The van der Waals surface area contributed by atoms with Gasteiger partial charge in [0.2, 0.25) is 17.6 Å². The summed E-state index contributed by atoms with van der Waals surface area (Å²) in [6.07, 6.45) is 5.01. The highest BCUT2D eigenvalue weighted by Gasteiger charge is 2.28. The molecule has 0 radical (unpaired) electrons. The average molecular weight is 1880 g/mol. The molecule has 1 N–H and O–H groups in total. The number of alkyl halides is 10. The largest absolute Gasteiger partial charge is 0.508 e. The van der Waals surface area contributed by atoms with Crippen LogP contribution in [-0.2, 0) is 41.0 Å². The molecule has 40 heteroatoms. The fourth-order valence-corrected chi connectivity index (χ4v) is 16.5. The second kappa shape index (κ2) is 39.8. The summed E-state index contributed by atoms with van der Waals surface area (Å²) in [6, 6.07) is 52.0. The summed E-state index contributed by atoms with van der Waals surface area (Å²) >= 11 is 0. The highest BCUT2D eigenvalue weighted by atomic mass is 19.3. The van der Waals surface area contributed by atoms with E-state index in [2.05, 4.69) is 72.1 Å². The fourth-order valence-electron chi connectivity index (χ4n) is 16.5. The van der Waals surface area contributed by atoms with Crippen LogP contribution in [-0.4, -0.2) is 156 Å². The number of phenols is 1. The van der Waals surface area contributed by atoms with E-state index in [0.29, 0.717) is 83.7 Å². The molecular weight excluding hydrogens is 1800 g/mol. The molecule has 30 nitrogen and oxygen atoms in total. The molecule has 20 rings (SSSR count). The summed E-state index contributed by atoms with van der Waals surface area (Å²) < 4.78 is 162. The monoisotopic (exact) mass is 1880 g/mol. The first kappa shape index (κ1) is 92.5. The molecule has 1 fully saturated rings. The zero-order valence-corrected chi connectivity index (χ0v) is 73.8. The van der Waals surface area contributed by atoms with Gasteiger partial charge in [-0.3, -0.25) is 42.9 Å². The van der Waals surface area contributed by atoms with Crippen LogP contribution in [0.3, 0.4) is 0 Å². The number of ether oxygens (including phenoxy) is 5. The van der Waals surface area contributed by atoms with Crippen molar-refractivity contribution in [3.63, 3.8) is 0 Å². The third-order valence-corrected chi connectivity index (χ3v) is 22.5. The third kappa shape index (κ3) is 20.3. The zero-order chi connectivity index (χ0) is 96.1. The number of hydrogen-bond acceptors (Lipinski definition) is 22. The highest BCUT2D eigenvalue weighted by molar-refractivity contribution is 5.95. The van der Waals surface area contributed by atoms with Gasteiger partial charge in [0.05, 0.1) is 67.1 Å². The summed E-state index contributed by atoms with van der Waals surface area (Å²) in [5, 5.41) is 48.8. The second-order valence-corrected chi connectivity index (χ2v) is 31.9. The molecule has 0 amide bonds. The summed E-state index contributed by atoms with van der Waals surface area (Å²) in [5.74, 6) is -0.0740. The van der Waals surface area contributed by atoms with Crippen molar-refractivity contribution < 1.29 is 72.7 Å². The first-order chi connectivity index (χ1) is 66.0. The van der Waals surface area contributed by atoms with Gasteiger partial charge in [0.25, 0.3) is 41.5 Å². The predicted molar refractivity (Wildman–Crippen MR) is 493 cm³/mol. The number of aromatic hydroxyl groups is 1. The van der Waals surface area contributed by atoms with Crippen LogP contribution in [0, 0.1) is 0 Å². The second-order valence-electron chi connectivity index (χ2n) is 31.9. The molecule has 12 aromatic heterocycles. The fraction of sp³-hybridized carbons (Fsp3) is 0.237. The number of nitrogens with zero attached hydrogens (tertiary/aromatic N) is 20. The molecule has 0 bridgehead atoms. The molecule has 1 aliphatic rings. The van der Waals surface area contributed by atoms with Gasteiger partial charge in [-0.25, -0.2) is 41.3 Å². The van der Waals surface area contributed by atoms with Gasteiger partial charge in [-0.1, -0.05) is 75.9 Å². The van der Waals surface area contributed by atoms with Gasteiger partial charge in [-0.15, -0.1) is 0 Å². The number of aryl methyl sites for hydroxylation is 6. The van der Waals surface area contributed by atoms with Gasteiger partial charge in [-0.2, -0.15) is 77.1 Å². The topological polar surface area (TPSA) is 329 Å². The Kier molecular flexibility index (Phi) is 26.9. The van der Waals surface area contributed by atoms with Gasteiger partial charge in [0.1, 0.15) is 61.4 Å². The van der Waals surface area contributed by atoms with Crippen LogP contribution in [0.15, 0.2) is 232 Å². The standard InChI is InChI=1S/C26H21F4N5O3.C25H21F2N5O2.C23H17F2N5O3.C23H23F2N5O2/c1-3-20-17-12-15(6-9-18(17)32-34(20)2)35-25(36)23(14-4-7-16(8-5-14)38-26(29)30)24-19(33-35)10-11-22(31-24)37-13-21(27)28;1-3-4-17-7-11-21-23(28-17)22(15-5-9-19(10-6-15)34-25(26)27)24(33)32(30-21)18-8-12-20-16(13-18)14-31(2)29-20;1-29-11-14-10-15(4-7-17(14)27-29)30-23(32)21(13-2-5-16(31)6-3-13)22-18(28-30)8-9-20(26-22)33-12-19(24)25;1-29-12-15-11-16(7-8-17(15)27-29)30-23(31)21(14-5-3-2-4-6-14)22-18(28-30)9-10-20(26-22)32-13-19(24)25/h4-12,21,26H,3,13H2,1-2H3;5-14,25H,3-4H2,1-2H3;2-11,19,31H,12H2,1H3;7-12,14,19H,2-6,13H2,1H3. The lowest BCUT2D eigenvalue weighted by Crippen LogP contribution is -2.28. The van der Waals surface area contributed by atoms with Crippen LogP contribution >= 0.6 is 0 Å². The number of rotatable bonds is 24. The molecule has 0 aliphatic heterocycles. The molecule has 12 heterocycles. The van der Waals surface area contributed by atoms with E-state index in [9.17, 15) is 68.2 Å². The number of aromatic nitrogens is 20. The van der Waals surface area contributed by atoms with Crippen LogP contribution < -0.4 is 45.9 Å². The Balaban J connectivity index is 0.000000127. The molecule has 1 saturated carbocycles. The molecule has 0 spiro atoms. The lowest BCUT2D eigenvalue weighted by atomic mass is 9.84. The van der Waals surface area contributed by atoms with Crippen LogP contribution in [0.4, 0.5) is 43.9 Å². The van der Waals surface area contributed by atoms with E-state index in [-0.39, 0.29) is 74.1 Å². The molecule has 7 aromatic carbocycles. The van der Waals surface area contributed by atoms with Gasteiger partial charge in [0.15, 0.2) is 19.8 Å². The van der Waals surface area contributed by atoms with E-state index in [4.69, 9.17) is 19.2 Å². The number of benzene rings is 7. The van der Waals surface area contributed by atoms with Crippen LogP contribution in [0.5, 0.6) is 34.9 Å². The minimum atomic E-state index is -3.01. The van der Waals surface area contributed by atoms with Gasteiger partial charge in [-0.05, 0) is 188 Å². The van der Waals surface area contributed by atoms with Gasteiger partial charge < -0.3 is 28.8 Å². The number of halogens is 10. The number of pyridine rings is 4. The van der Waals surface area contributed by atoms with Crippen molar-refractivity contribution in [3.05, 3.63) is 271 Å². The smallest absolute Gasteiger partial charge is 0.387 e. The van der Waals surface area contributed by atoms with Crippen molar-refractivity contribution in [2.75, 3.05) is 19.8 Å². The molecule has 0 unspecified atom stereocenters. The van der Waals surface area contributed by atoms with E-state index in [1.54, 1.807) is 91.5 Å². The average Bonchev–Trinajstić information content (AvgIpc) is 1.68. The molecule has 700 valence electrons. The Bertz CT molecular complexity index is 7980. The normalized spacial score (nSPS) is 12.4. The first-order valence-electron chi connectivity index (χ1n) is 43.2. The lowest BCUT2D eigenvalue weighted by molar-refractivity contribution is -0.0505. The summed E-state index contributed by atoms with van der Waals surface area (Å²) in [5.41, 5.74) is 11.2. The highest BCUT2D eigenvalue weighted by Crippen LogP contribution is 2.38. The number of hydrogen-bond donors (Lipinski definition) is 1. The third-order valence-electron chi connectivity index (χ3n) is 22.5. The Morgan fingerprint density at radius 1 is 0.372 bits per heavy atom. The predicted octanol–water partition coefficient (Wildman–Crippen LogP) is 18.1. The van der Waals surface area contributed by atoms with Crippen molar-refractivity contribution in [2.45, 2.75) is 104 Å². The van der Waals surface area contributed by atoms with E-state index >= 15 is 0 Å². The van der Waals surface area contributed by atoms with Crippen LogP contribution in [0.25, 0.3) is 144 Å². The maximum Gasteiger partial charge on any atom is 0.387 e. The van der Waals surface area contributed by atoms with E-state index < -0.39 is 63.4 Å². The van der Waals surface area contributed by atoms with E-state index in [1.165, 1.54) is 91.5 Å². The maximum atomic E-state index is 13.8. The van der Waals surface area contributed by atoms with Crippen molar-refractivity contribution in [1.29, 1.82) is 0 Å².